The molecular weight excluding hydrogens is 301 g/mol. The average Bonchev–Trinajstić information content (AvgIpc) is 2.48. The van der Waals surface area contributed by atoms with Crippen molar-refractivity contribution < 1.29 is 9.84 Å². The number of hydrogen-bond acceptors (Lipinski definition) is 5. The first-order chi connectivity index (χ1) is 9.63. The zero-order chi connectivity index (χ0) is 14.5. The van der Waals surface area contributed by atoms with Crippen LogP contribution < -0.4 is 10.1 Å². The molecule has 1 aromatic carbocycles. The maximum absolute atomic E-state index is 9.54. The number of benzene rings is 1. The number of aliphatic hydroxyl groups excluding tert-OH is 1. The lowest BCUT2D eigenvalue weighted by molar-refractivity contribution is 0.276. The Morgan fingerprint density at radius 1 is 1.40 bits per heavy atom. The molecule has 1 unspecified atom stereocenters. The van der Waals surface area contributed by atoms with Crippen molar-refractivity contribution in [1.29, 1.82) is 0 Å². The lowest BCUT2D eigenvalue weighted by atomic mass is 10.1. The minimum absolute atomic E-state index is 0.0826. The van der Waals surface area contributed by atoms with Crippen LogP contribution in [0.4, 0.5) is 5.82 Å². The molecule has 0 bridgehead atoms. The molecular formula is C13H13Cl2N3O2. The summed E-state index contributed by atoms with van der Waals surface area (Å²) in [5.74, 6) is 1.07. The van der Waals surface area contributed by atoms with Crippen LogP contribution in [-0.4, -0.2) is 28.8 Å². The van der Waals surface area contributed by atoms with E-state index in [-0.39, 0.29) is 17.9 Å². The number of nitrogens with zero attached hydrogens (tertiary/aromatic N) is 2. The van der Waals surface area contributed by atoms with Gasteiger partial charge in [0.05, 0.1) is 26.0 Å². The van der Waals surface area contributed by atoms with Gasteiger partial charge in [0.25, 0.3) is 0 Å². The zero-order valence-electron chi connectivity index (χ0n) is 10.7. The number of anilines is 1. The second kappa shape index (κ2) is 6.74. The predicted molar refractivity (Wildman–Crippen MR) is 78.5 cm³/mol. The first-order valence-electron chi connectivity index (χ1n) is 5.83. The Bertz CT molecular complexity index is 596. The first-order valence-corrected chi connectivity index (χ1v) is 6.59. The normalized spacial score (nSPS) is 12.0. The molecule has 2 N–H and O–H groups in total. The average molecular weight is 314 g/mol. The van der Waals surface area contributed by atoms with Gasteiger partial charge in [0.15, 0.2) is 0 Å². The van der Waals surface area contributed by atoms with Gasteiger partial charge in [0, 0.05) is 0 Å². The SMILES string of the molecule is COc1cccc(C(CO)Nc2nc(Cl)ncc2Cl)c1. The highest BCUT2D eigenvalue weighted by molar-refractivity contribution is 6.33. The summed E-state index contributed by atoms with van der Waals surface area (Å²) < 4.78 is 5.16. The molecule has 5 nitrogen and oxygen atoms in total. The van der Waals surface area contributed by atoms with Crippen molar-refractivity contribution in [1.82, 2.24) is 9.97 Å². The minimum atomic E-state index is -0.381. The standard InChI is InChI=1S/C13H13Cl2N3O2/c1-20-9-4-2-3-8(5-9)11(7-19)17-12-10(14)6-16-13(15)18-12/h2-6,11,19H,7H2,1H3,(H,16,17,18). The van der Waals surface area contributed by atoms with E-state index in [4.69, 9.17) is 27.9 Å². The highest BCUT2D eigenvalue weighted by atomic mass is 35.5. The van der Waals surface area contributed by atoms with Crippen LogP contribution in [0.1, 0.15) is 11.6 Å². The van der Waals surface area contributed by atoms with E-state index >= 15 is 0 Å². The largest absolute Gasteiger partial charge is 0.497 e. The summed E-state index contributed by atoms with van der Waals surface area (Å²) in [6, 6.07) is 6.98. The van der Waals surface area contributed by atoms with Crippen LogP contribution in [0.25, 0.3) is 0 Å². The summed E-state index contributed by atoms with van der Waals surface area (Å²) in [7, 11) is 1.58. The minimum Gasteiger partial charge on any atom is -0.497 e. The molecule has 0 spiro atoms. The number of halogens is 2. The molecule has 0 aliphatic carbocycles. The van der Waals surface area contributed by atoms with E-state index in [9.17, 15) is 5.11 Å². The number of rotatable bonds is 5. The van der Waals surface area contributed by atoms with Crippen molar-refractivity contribution in [2.24, 2.45) is 0 Å². The maximum Gasteiger partial charge on any atom is 0.224 e. The number of aromatic nitrogens is 2. The summed E-state index contributed by atoms with van der Waals surface area (Å²) in [6.45, 7) is -0.134. The molecule has 1 aromatic heterocycles. The van der Waals surface area contributed by atoms with Gasteiger partial charge in [-0.25, -0.2) is 4.98 Å². The summed E-state index contributed by atoms with van der Waals surface area (Å²) in [5, 5.41) is 13.0. The number of methoxy groups -OCH3 is 1. The zero-order valence-corrected chi connectivity index (χ0v) is 12.2. The molecule has 1 atom stereocenters. The Morgan fingerprint density at radius 3 is 2.90 bits per heavy atom. The van der Waals surface area contributed by atoms with E-state index in [2.05, 4.69) is 15.3 Å². The fraction of sp³-hybridized carbons (Fsp3) is 0.231. The fourth-order valence-electron chi connectivity index (χ4n) is 1.70. The Morgan fingerprint density at radius 2 is 2.20 bits per heavy atom. The Labute approximate surface area is 126 Å². The molecule has 106 valence electrons. The van der Waals surface area contributed by atoms with Gasteiger partial charge in [-0.3, -0.25) is 0 Å². The predicted octanol–water partition coefficient (Wildman–Crippen LogP) is 2.94. The molecule has 1 heterocycles. The Kier molecular flexibility index (Phi) is 5.00. The van der Waals surface area contributed by atoms with E-state index in [1.165, 1.54) is 6.20 Å². The summed E-state index contributed by atoms with van der Waals surface area (Å²) in [6.07, 6.45) is 1.40. The van der Waals surface area contributed by atoms with E-state index in [1.54, 1.807) is 7.11 Å². The van der Waals surface area contributed by atoms with E-state index < -0.39 is 0 Å². The van der Waals surface area contributed by atoms with E-state index in [0.717, 1.165) is 5.56 Å². The molecule has 0 aliphatic heterocycles. The number of hydrogen-bond donors (Lipinski definition) is 2. The van der Waals surface area contributed by atoms with Gasteiger partial charge in [-0.15, -0.1) is 0 Å². The molecule has 0 aliphatic rings. The third kappa shape index (κ3) is 3.50. The Hall–Kier alpha value is -1.56. The molecule has 0 fully saturated rings. The van der Waals surface area contributed by atoms with Gasteiger partial charge in [0.2, 0.25) is 5.28 Å². The second-order valence-corrected chi connectivity index (χ2v) is 4.74. The van der Waals surface area contributed by atoms with E-state index in [0.29, 0.717) is 16.6 Å². The van der Waals surface area contributed by atoms with Gasteiger partial charge in [-0.1, -0.05) is 23.7 Å². The van der Waals surface area contributed by atoms with Gasteiger partial charge in [-0.05, 0) is 29.3 Å². The second-order valence-electron chi connectivity index (χ2n) is 3.99. The van der Waals surface area contributed by atoms with Crippen molar-refractivity contribution in [3.63, 3.8) is 0 Å². The molecule has 2 aromatic rings. The van der Waals surface area contributed by atoms with Crippen LogP contribution >= 0.6 is 23.2 Å². The van der Waals surface area contributed by atoms with Crippen molar-refractivity contribution in [3.8, 4) is 5.75 Å². The van der Waals surface area contributed by atoms with Gasteiger partial charge in [0.1, 0.15) is 16.6 Å². The van der Waals surface area contributed by atoms with Crippen LogP contribution in [0.3, 0.4) is 0 Å². The molecule has 0 saturated carbocycles. The topological polar surface area (TPSA) is 67.3 Å². The van der Waals surface area contributed by atoms with Crippen LogP contribution in [0, 0.1) is 0 Å². The summed E-state index contributed by atoms with van der Waals surface area (Å²) >= 11 is 11.7. The van der Waals surface area contributed by atoms with Crippen molar-refractivity contribution in [2.45, 2.75) is 6.04 Å². The Balaban J connectivity index is 2.26. The number of nitrogens with one attached hydrogen (secondary N) is 1. The smallest absolute Gasteiger partial charge is 0.224 e. The van der Waals surface area contributed by atoms with Gasteiger partial charge in [-0.2, -0.15) is 4.98 Å². The number of ether oxygens (including phenoxy) is 1. The van der Waals surface area contributed by atoms with E-state index in [1.807, 2.05) is 24.3 Å². The summed E-state index contributed by atoms with van der Waals surface area (Å²) in [4.78, 5) is 7.77. The third-order valence-electron chi connectivity index (χ3n) is 2.70. The molecule has 2 rings (SSSR count). The highest BCUT2D eigenvalue weighted by Gasteiger charge is 2.14. The van der Waals surface area contributed by atoms with Gasteiger partial charge >= 0.3 is 0 Å². The molecule has 7 heteroatoms. The van der Waals surface area contributed by atoms with Crippen LogP contribution in [0.2, 0.25) is 10.3 Å². The fourth-order valence-corrected chi connectivity index (χ4v) is 1.98. The van der Waals surface area contributed by atoms with Crippen LogP contribution in [0.5, 0.6) is 5.75 Å². The van der Waals surface area contributed by atoms with Crippen LogP contribution in [0.15, 0.2) is 30.5 Å². The van der Waals surface area contributed by atoms with Crippen molar-refractivity contribution in [3.05, 3.63) is 46.3 Å². The molecule has 0 radical (unpaired) electrons. The lowest BCUT2D eigenvalue weighted by Crippen LogP contribution is -2.16. The molecule has 0 amide bonds. The third-order valence-corrected chi connectivity index (χ3v) is 3.16. The number of aliphatic hydroxyl groups is 1. The van der Waals surface area contributed by atoms with Gasteiger partial charge < -0.3 is 15.2 Å². The lowest BCUT2D eigenvalue weighted by Gasteiger charge is -2.18. The quantitative estimate of drug-likeness (QED) is 0.831. The van der Waals surface area contributed by atoms with Crippen molar-refractivity contribution in [2.75, 3.05) is 19.0 Å². The van der Waals surface area contributed by atoms with Crippen LogP contribution in [-0.2, 0) is 0 Å². The maximum atomic E-state index is 9.54. The van der Waals surface area contributed by atoms with Crippen molar-refractivity contribution >= 4 is 29.0 Å². The molecule has 0 saturated heterocycles. The first kappa shape index (κ1) is 14.8. The molecule has 20 heavy (non-hydrogen) atoms. The summed E-state index contributed by atoms with van der Waals surface area (Å²) in [5.41, 5.74) is 0.845. The monoisotopic (exact) mass is 313 g/mol. The highest BCUT2D eigenvalue weighted by Crippen LogP contribution is 2.26.